The second-order valence-corrected chi connectivity index (χ2v) is 5.28. The van der Waals surface area contributed by atoms with Crippen LogP contribution in [0.15, 0.2) is 18.2 Å². The maximum Gasteiger partial charge on any atom is 0.305 e. The molecule has 2 rings (SSSR count). The molecule has 0 spiro atoms. The lowest BCUT2D eigenvalue weighted by atomic mass is 10.0. The molecule has 1 aromatic rings. The van der Waals surface area contributed by atoms with Gasteiger partial charge in [-0.3, -0.25) is 19.7 Å². The summed E-state index contributed by atoms with van der Waals surface area (Å²) in [6.07, 6.45) is 0.269. The molecule has 1 amide bonds. The molecule has 1 atom stereocenters. The first kappa shape index (κ1) is 16.9. The molecule has 23 heavy (non-hydrogen) atoms. The third kappa shape index (κ3) is 3.84. The number of carbonyl (C=O) groups excluding carboxylic acids is 1. The second-order valence-electron chi connectivity index (χ2n) is 5.28. The minimum atomic E-state index is -1.02. The van der Waals surface area contributed by atoms with E-state index in [1.807, 2.05) is 0 Å². The Bertz CT molecular complexity index is 630. The fraction of sp³-hybridized carbons (Fsp3) is 0.467. The van der Waals surface area contributed by atoms with Gasteiger partial charge in [-0.05, 0) is 12.5 Å². The highest BCUT2D eigenvalue weighted by Gasteiger charge is 2.30. The number of aryl methyl sites for hydroxylation is 1. The van der Waals surface area contributed by atoms with E-state index in [-0.39, 0.29) is 30.8 Å². The average Bonchev–Trinajstić information content (AvgIpc) is 2.53. The van der Waals surface area contributed by atoms with Crippen molar-refractivity contribution in [3.05, 3.63) is 39.4 Å². The molecule has 0 radical (unpaired) electrons. The van der Waals surface area contributed by atoms with Crippen LogP contribution in [0.1, 0.15) is 29.3 Å². The molecule has 8 nitrogen and oxygen atoms in total. The van der Waals surface area contributed by atoms with E-state index in [2.05, 4.69) is 0 Å². The molecule has 0 bridgehead atoms. The van der Waals surface area contributed by atoms with Gasteiger partial charge in [0.2, 0.25) is 0 Å². The molecule has 1 aromatic carbocycles. The molecule has 1 heterocycles. The highest BCUT2D eigenvalue weighted by molar-refractivity contribution is 5.95. The van der Waals surface area contributed by atoms with Gasteiger partial charge in [-0.25, -0.2) is 0 Å². The van der Waals surface area contributed by atoms with Crippen LogP contribution in [0, 0.1) is 10.1 Å². The van der Waals surface area contributed by atoms with Gasteiger partial charge in [-0.15, -0.1) is 0 Å². The molecule has 1 N–H and O–H groups in total. The molecular weight excluding hydrogens is 304 g/mol. The maximum absolute atomic E-state index is 12.6. The zero-order valence-corrected chi connectivity index (χ0v) is 12.7. The Morgan fingerprint density at radius 3 is 2.83 bits per heavy atom. The van der Waals surface area contributed by atoms with Crippen LogP contribution < -0.4 is 0 Å². The molecular formula is C15H18N2O6. The number of rotatable bonds is 5. The van der Waals surface area contributed by atoms with Gasteiger partial charge < -0.3 is 14.7 Å². The number of hydrogen-bond acceptors (Lipinski definition) is 5. The van der Waals surface area contributed by atoms with Crippen molar-refractivity contribution in [1.29, 1.82) is 0 Å². The van der Waals surface area contributed by atoms with Crippen molar-refractivity contribution >= 4 is 17.6 Å². The van der Waals surface area contributed by atoms with E-state index in [1.54, 1.807) is 19.1 Å². The van der Waals surface area contributed by atoms with E-state index in [4.69, 9.17) is 9.84 Å². The smallest absolute Gasteiger partial charge is 0.305 e. The Morgan fingerprint density at radius 2 is 2.22 bits per heavy atom. The lowest BCUT2D eigenvalue weighted by Gasteiger charge is -2.34. The summed E-state index contributed by atoms with van der Waals surface area (Å²) >= 11 is 0. The largest absolute Gasteiger partial charge is 0.481 e. The quantitative estimate of drug-likeness (QED) is 0.649. The van der Waals surface area contributed by atoms with E-state index >= 15 is 0 Å². The van der Waals surface area contributed by atoms with Gasteiger partial charge in [0.1, 0.15) is 0 Å². The van der Waals surface area contributed by atoms with Crippen LogP contribution in [-0.2, 0) is 16.0 Å². The van der Waals surface area contributed by atoms with Crippen LogP contribution in [-0.4, -0.2) is 52.6 Å². The van der Waals surface area contributed by atoms with E-state index in [9.17, 15) is 19.7 Å². The number of carboxylic acid groups (broad SMARTS) is 1. The lowest BCUT2D eigenvalue weighted by molar-refractivity contribution is -0.385. The third-order valence-corrected chi connectivity index (χ3v) is 3.81. The number of benzene rings is 1. The Kier molecular flexibility index (Phi) is 5.28. The number of morpholine rings is 1. The molecule has 1 saturated heterocycles. The number of nitrogens with zero attached hydrogens (tertiary/aromatic N) is 2. The lowest BCUT2D eigenvalue weighted by Crippen LogP contribution is -2.49. The second kappa shape index (κ2) is 7.19. The number of amides is 1. The number of aliphatic carboxylic acids is 1. The normalized spacial score (nSPS) is 17.8. The third-order valence-electron chi connectivity index (χ3n) is 3.81. The van der Waals surface area contributed by atoms with Gasteiger partial charge in [0.25, 0.3) is 11.6 Å². The first-order valence-corrected chi connectivity index (χ1v) is 7.31. The van der Waals surface area contributed by atoms with Crippen LogP contribution in [0.2, 0.25) is 0 Å². The van der Waals surface area contributed by atoms with E-state index in [0.29, 0.717) is 18.6 Å². The molecule has 8 heteroatoms. The molecule has 0 aromatic heterocycles. The maximum atomic E-state index is 12.6. The monoisotopic (exact) mass is 322 g/mol. The summed E-state index contributed by atoms with van der Waals surface area (Å²) < 4.78 is 5.23. The molecule has 124 valence electrons. The van der Waals surface area contributed by atoms with E-state index in [0.717, 1.165) is 0 Å². The van der Waals surface area contributed by atoms with Crippen molar-refractivity contribution in [3.8, 4) is 0 Å². The zero-order chi connectivity index (χ0) is 17.0. The van der Waals surface area contributed by atoms with E-state index in [1.165, 1.54) is 11.0 Å². The Morgan fingerprint density at radius 1 is 1.48 bits per heavy atom. The summed E-state index contributed by atoms with van der Waals surface area (Å²) in [5.74, 6) is -1.43. The number of hydrogen-bond donors (Lipinski definition) is 1. The minimum absolute atomic E-state index is 0.0959. The average molecular weight is 322 g/mol. The van der Waals surface area contributed by atoms with Crippen LogP contribution in [0.3, 0.4) is 0 Å². The van der Waals surface area contributed by atoms with Crippen LogP contribution in [0.4, 0.5) is 5.69 Å². The first-order valence-electron chi connectivity index (χ1n) is 7.31. The summed E-state index contributed by atoms with van der Waals surface area (Å²) in [4.78, 5) is 35.6. The molecule has 0 saturated carbocycles. The Labute approximate surface area is 132 Å². The van der Waals surface area contributed by atoms with Crippen LogP contribution >= 0.6 is 0 Å². The minimum Gasteiger partial charge on any atom is -0.481 e. The standard InChI is InChI=1S/C15H18N2O6/c1-2-10-3-4-11(7-13(10)17(21)22)15(20)16-5-6-23-9-12(16)8-14(18)19/h3-4,7,12H,2,5-6,8-9H2,1H3,(H,18,19). The van der Waals surface area contributed by atoms with Gasteiger partial charge in [-0.1, -0.05) is 13.0 Å². The van der Waals surface area contributed by atoms with Crippen LogP contribution in [0.25, 0.3) is 0 Å². The van der Waals surface area contributed by atoms with Gasteiger partial charge in [0.15, 0.2) is 0 Å². The number of carboxylic acids is 1. The van der Waals surface area contributed by atoms with Crippen LogP contribution in [0.5, 0.6) is 0 Å². The molecule has 1 aliphatic rings. The fourth-order valence-electron chi connectivity index (χ4n) is 2.62. The van der Waals surface area contributed by atoms with Gasteiger partial charge >= 0.3 is 5.97 Å². The zero-order valence-electron chi connectivity index (χ0n) is 12.7. The molecule has 1 unspecified atom stereocenters. The Balaban J connectivity index is 2.29. The highest BCUT2D eigenvalue weighted by atomic mass is 16.6. The topological polar surface area (TPSA) is 110 Å². The van der Waals surface area contributed by atoms with Gasteiger partial charge in [0, 0.05) is 23.7 Å². The summed E-state index contributed by atoms with van der Waals surface area (Å²) in [7, 11) is 0. The number of nitro groups is 1. The summed E-state index contributed by atoms with van der Waals surface area (Å²) in [5.41, 5.74) is 0.642. The first-order chi connectivity index (χ1) is 10.9. The van der Waals surface area contributed by atoms with Crippen molar-refractivity contribution in [1.82, 2.24) is 4.90 Å². The summed E-state index contributed by atoms with van der Waals surface area (Å²) in [6, 6.07) is 3.80. The highest BCUT2D eigenvalue weighted by Crippen LogP contribution is 2.23. The Hall–Kier alpha value is -2.48. The number of nitro benzene ring substituents is 1. The van der Waals surface area contributed by atoms with E-state index < -0.39 is 22.8 Å². The van der Waals surface area contributed by atoms with Crippen molar-refractivity contribution in [2.45, 2.75) is 25.8 Å². The molecule has 1 aliphatic heterocycles. The van der Waals surface area contributed by atoms with Crippen molar-refractivity contribution < 1.29 is 24.4 Å². The number of carbonyl (C=O) groups is 2. The van der Waals surface area contributed by atoms with Crippen molar-refractivity contribution in [3.63, 3.8) is 0 Å². The van der Waals surface area contributed by atoms with Crippen molar-refractivity contribution in [2.75, 3.05) is 19.8 Å². The predicted molar refractivity (Wildman–Crippen MR) is 80.4 cm³/mol. The van der Waals surface area contributed by atoms with Gasteiger partial charge in [0.05, 0.1) is 30.6 Å². The fourth-order valence-corrected chi connectivity index (χ4v) is 2.62. The predicted octanol–water partition coefficient (Wildman–Crippen LogP) is 1.47. The SMILES string of the molecule is CCc1ccc(C(=O)N2CCOCC2CC(=O)O)cc1[N+](=O)[O-]. The summed E-state index contributed by atoms with van der Waals surface area (Å²) in [6.45, 7) is 2.53. The van der Waals surface area contributed by atoms with Crippen molar-refractivity contribution in [2.24, 2.45) is 0 Å². The van der Waals surface area contributed by atoms with Gasteiger partial charge in [-0.2, -0.15) is 0 Å². The summed E-state index contributed by atoms with van der Waals surface area (Å²) in [5, 5.41) is 20.1. The molecule has 0 aliphatic carbocycles. The molecule has 1 fully saturated rings. The number of ether oxygens (including phenoxy) is 1.